The number of hydrogen-bond acceptors (Lipinski definition) is 3. The topological polar surface area (TPSA) is 51.1 Å². The van der Waals surface area contributed by atoms with Gasteiger partial charge in [0.25, 0.3) is 0 Å². The van der Waals surface area contributed by atoms with Crippen LogP contribution in [0, 0.1) is 6.92 Å². The fourth-order valence-corrected chi connectivity index (χ4v) is 3.88. The van der Waals surface area contributed by atoms with E-state index >= 15 is 0 Å². The third kappa shape index (κ3) is 5.41. The van der Waals surface area contributed by atoms with E-state index in [9.17, 15) is 9.59 Å². The Hall–Kier alpha value is -2.66. The fourth-order valence-electron chi connectivity index (χ4n) is 3.14. The number of carbonyl (C=O) groups excluding carboxylic acids is 1. The highest BCUT2D eigenvalue weighted by Crippen LogP contribution is 2.20. The number of amides is 1. The second kappa shape index (κ2) is 9.33. The molecule has 3 aromatic rings. The molecule has 27 heavy (non-hydrogen) atoms. The van der Waals surface area contributed by atoms with Crippen LogP contribution in [0.3, 0.4) is 0 Å². The first-order valence-corrected chi connectivity index (χ1v) is 10.0. The highest BCUT2D eigenvalue weighted by molar-refractivity contribution is 7.07. The van der Waals surface area contributed by atoms with Crippen molar-refractivity contribution in [3.05, 3.63) is 92.5 Å². The Balaban J connectivity index is 1.65. The number of nitrogens with zero attached hydrogens (tertiary/aromatic N) is 1. The number of aryl methyl sites for hydroxylation is 2. The predicted octanol–water partition coefficient (Wildman–Crippen LogP) is 4.10. The van der Waals surface area contributed by atoms with E-state index in [0.29, 0.717) is 0 Å². The number of benzene rings is 2. The van der Waals surface area contributed by atoms with E-state index in [-0.39, 0.29) is 23.4 Å². The zero-order valence-electron chi connectivity index (χ0n) is 15.4. The van der Waals surface area contributed by atoms with Gasteiger partial charge in [0.15, 0.2) is 0 Å². The van der Waals surface area contributed by atoms with Crippen LogP contribution in [0.25, 0.3) is 0 Å². The lowest BCUT2D eigenvalue weighted by atomic mass is 9.99. The Morgan fingerprint density at radius 1 is 1.07 bits per heavy atom. The maximum Gasteiger partial charge on any atom is 0.307 e. The van der Waals surface area contributed by atoms with Gasteiger partial charge in [0.2, 0.25) is 5.91 Å². The van der Waals surface area contributed by atoms with Crippen LogP contribution in [0.1, 0.15) is 35.7 Å². The van der Waals surface area contributed by atoms with Gasteiger partial charge < -0.3 is 5.32 Å². The maximum absolute atomic E-state index is 12.6. The molecule has 0 aliphatic rings. The van der Waals surface area contributed by atoms with Crippen LogP contribution in [0.4, 0.5) is 0 Å². The molecule has 0 bridgehead atoms. The molecule has 3 rings (SSSR count). The highest BCUT2D eigenvalue weighted by atomic mass is 32.1. The third-order valence-electron chi connectivity index (χ3n) is 4.62. The SMILES string of the molecule is Cc1csc(=O)n1CC(=O)NC(CCCc1ccccc1)c1ccccc1. The summed E-state index contributed by atoms with van der Waals surface area (Å²) in [4.78, 5) is 24.3. The molecule has 0 saturated heterocycles. The maximum atomic E-state index is 12.6. The monoisotopic (exact) mass is 380 g/mol. The van der Waals surface area contributed by atoms with Gasteiger partial charge >= 0.3 is 4.87 Å². The molecule has 0 aliphatic carbocycles. The van der Waals surface area contributed by atoms with Gasteiger partial charge in [0.05, 0.1) is 6.04 Å². The number of rotatable bonds is 8. The molecule has 1 amide bonds. The number of nitrogens with one attached hydrogen (secondary N) is 1. The molecule has 1 N–H and O–H groups in total. The lowest BCUT2D eigenvalue weighted by Gasteiger charge is -2.20. The Kier molecular flexibility index (Phi) is 6.60. The first-order valence-electron chi connectivity index (χ1n) is 9.16. The van der Waals surface area contributed by atoms with Crippen molar-refractivity contribution >= 4 is 17.2 Å². The zero-order chi connectivity index (χ0) is 19.1. The molecular weight excluding hydrogens is 356 g/mol. The van der Waals surface area contributed by atoms with Crippen LogP contribution in [-0.4, -0.2) is 10.5 Å². The van der Waals surface area contributed by atoms with Gasteiger partial charge in [0.1, 0.15) is 6.54 Å². The van der Waals surface area contributed by atoms with Crippen LogP contribution in [0.15, 0.2) is 70.8 Å². The second-order valence-corrected chi connectivity index (χ2v) is 7.46. The molecule has 4 nitrogen and oxygen atoms in total. The Bertz CT molecular complexity index is 916. The highest BCUT2D eigenvalue weighted by Gasteiger charge is 2.16. The molecule has 0 aliphatic heterocycles. The van der Waals surface area contributed by atoms with Crippen LogP contribution in [0.2, 0.25) is 0 Å². The summed E-state index contributed by atoms with van der Waals surface area (Å²) < 4.78 is 1.52. The molecule has 5 heteroatoms. The summed E-state index contributed by atoms with van der Waals surface area (Å²) in [6, 6.07) is 20.3. The normalized spacial score (nSPS) is 11.9. The third-order valence-corrected chi connectivity index (χ3v) is 5.50. The zero-order valence-corrected chi connectivity index (χ0v) is 16.2. The second-order valence-electron chi connectivity index (χ2n) is 6.64. The molecule has 1 heterocycles. The van der Waals surface area contributed by atoms with Crippen LogP contribution >= 0.6 is 11.3 Å². The average molecular weight is 381 g/mol. The smallest absolute Gasteiger partial charge is 0.307 e. The minimum absolute atomic E-state index is 0.0583. The van der Waals surface area contributed by atoms with Gasteiger partial charge in [-0.05, 0) is 37.3 Å². The van der Waals surface area contributed by atoms with Crippen molar-refractivity contribution in [1.29, 1.82) is 0 Å². The predicted molar refractivity (Wildman–Crippen MR) is 110 cm³/mol. The molecule has 1 atom stereocenters. The summed E-state index contributed by atoms with van der Waals surface area (Å²) >= 11 is 1.13. The molecule has 140 valence electrons. The summed E-state index contributed by atoms with van der Waals surface area (Å²) in [5.41, 5.74) is 3.21. The Labute approximate surface area is 163 Å². The number of aromatic nitrogens is 1. The van der Waals surface area contributed by atoms with Crippen LogP contribution in [0.5, 0.6) is 0 Å². The van der Waals surface area contributed by atoms with E-state index < -0.39 is 0 Å². The van der Waals surface area contributed by atoms with Gasteiger partial charge in [-0.25, -0.2) is 0 Å². The molecule has 0 fully saturated rings. The Morgan fingerprint density at radius 3 is 2.37 bits per heavy atom. The average Bonchev–Trinajstić information content (AvgIpc) is 3.01. The lowest BCUT2D eigenvalue weighted by Crippen LogP contribution is -2.34. The standard InChI is InChI=1S/C22H24N2O2S/c1-17-16-27-22(26)24(17)15-21(25)23-20(19-12-6-3-7-13-19)14-8-11-18-9-4-2-5-10-18/h2-7,9-10,12-13,16,20H,8,11,14-15H2,1H3,(H,23,25). The van der Waals surface area contributed by atoms with Crippen molar-refractivity contribution in [2.45, 2.75) is 38.8 Å². The van der Waals surface area contributed by atoms with Crippen molar-refractivity contribution in [3.63, 3.8) is 0 Å². The lowest BCUT2D eigenvalue weighted by molar-refractivity contribution is -0.122. The summed E-state index contributed by atoms with van der Waals surface area (Å²) in [5, 5.41) is 4.90. The molecule has 1 aromatic heterocycles. The van der Waals surface area contributed by atoms with Crippen LogP contribution in [-0.2, 0) is 17.8 Å². The van der Waals surface area contributed by atoms with Gasteiger partial charge in [-0.2, -0.15) is 0 Å². The molecule has 1 unspecified atom stereocenters. The summed E-state index contributed by atoms with van der Waals surface area (Å²) in [6.07, 6.45) is 2.80. The van der Waals surface area contributed by atoms with E-state index in [1.165, 1.54) is 10.1 Å². The van der Waals surface area contributed by atoms with E-state index in [2.05, 4.69) is 17.4 Å². The van der Waals surface area contributed by atoms with Crippen molar-refractivity contribution in [2.24, 2.45) is 0 Å². The minimum Gasteiger partial charge on any atom is -0.348 e. The summed E-state index contributed by atoms with van der Waals surface area (Å²) in [7, 11) is 0. The molecule has 0 saturated carbocycles. The molecule has 0 spiro atoms. The van der Waals surface area contributed by atoms with Crippen molar-refractivity contribution in [2.75, 3.05) is 0 Å². The first-order chi connectivity index (χ1) is 13.1. The number of hydrogen-bond donors (Lipinski definition) is 1. The van der Waals surface area contributed by atoms with E-state index in [0.717, 1.165) is 41.9 Å². The largest absolute Gasteiger partial charge is 0.348 e. The van der Waals surface area contributed by atoms with Crippen molar-refractivity contribution in [3.8, 4) is 0 Å². The number of thiazole rings is 1. The summed E-state index contributed by atoms with van der Waals surface area (Å²) in [5.74, 6) is -0.132. The number of carbonyl (C=O) groups is 1. The van der Waals surface area contributed by atoms with Gasteiger partial charge in [-0.1, -0.05) is 72.0 Å². The van der Waals surface area contributed by atoms with E-state index in [4.69, 9.17) is 0 Å². The van der Waals surface area contributed by atoms with E-state index in [1.807, 2.05) is 55.5 Å². The fraction of sp³-hybridized carbons (Fsp3) is 0.273. The quantitative estimate of drug-likeness (QED) is 0.640. The van der Waals surface area contributed by atoms with Crippen molar-refractivity contribution < 1.29 is 4.79 Å². The summed E-state index contributed by atoms with van der Waals surface area (Å²) in [6.45, 7) is 1.91. The molecule has 2 aromatic carbocycles. The molecule has 0 radical (unpaired) electrons. The first kappa shape index (κ1) is 19.1. The minimum atomic E-state index is -0.132. The van der Waals surface area contributed by atoms with Gasteiger partial charge in [-0.3, -0.25) is 14.2 Å². The van der Waals surface area contributed by atoms with Crippen molar-refractivity contribution in [1.82, 2.24) is 9.88 Å². The van der Waals surface area contributed by atoms with Gasteiger partial charge in [-0.15, -0.1) is 0 Å². The van der Waals surface area contributed by atoms with Crippen LogP contribution < -0.4 is 10.2 Å². The van der Waals surface area contributed by atoms with Gasteiger partial charge in [0, 0.05) is 11.1 Å². The van der Waals surface area contributed by atoms with E-state index in [1.54, 1.807) is 5.38 Å². The molecular formula is C22H24N2O2S. The Morgan fingerprint density at radius 2 is 1.74 bits per heavy atom.